The number of hydrogen-bond donors (Lipinski definition) is 0. The molecule has 0 saturated heterocycles. The SMILES string of the molecule is CCCC(=O)C1Cc2c(Cl)ccc(Cl)c2O1. The summed E-state index contributed by atoms with van der Waals surface area (Å²) in [5.41, 5.74) is 0.851. The van der Waals surface area contributed by atoms with Crippen molar-refractivity contribution < 1.29 is 9.53 Å². The molecule has 1 aliphatic rings. The zero-order chi connectivity index (χ0) is 11.7. The number of ether oxygens (including phenoxy) is 1. The van der Waals surface area contributed by atoms with Gasteiger partial charge < -0.3 is 4.74 Å². The molecular formula is C12H12Cl2O2. The molecule has 1 unspecified atom stereocenters. The molecule has 2 rings (SSSR count). The first-order valence-corrected chi connectivity index (χ1v) is 6.05. The third-order valence-corrected chi connectivity index (χ3v) is 3.31. The zero-order valence-electron chi connectivity index (χ0n) is 8.93. The Labute approximate surface area is 104 Å². The third kappa shape index (κ3) is 2.04. The maximum Gasteiger partial charge on any atom is 0.173 e. The molecule has 0 amide bonds. The highest BCUT2D eigenvalue weighted by molar-refractivity contribution is 6.35. The average molecular weight is 259 g/mol. The molecule has 16 heavy (non-hydrogen) atoms. The predicted molar refractivity (Wildman–Crippen MR) is 64.5 cm³/mol. The number of carbonyl (C=O) groups excluding carboxylic acids is 1. The van der Waals surface area contributed by atoms with Crippen molar-refractivity contribution in [2.45, 2.75) is 32.3 Å². The summed E-state index contributed by atoms with van der Waals surface area (Å²) in [4.78, 5) is 11.7. The summed E-state index contributed by atoms with van der Waals surface area (Å²) in [6.45, 7) is 1.97. The van der Waals surface area contributed by atoms with Crippen molar-refractivity contribution in [2.24, 2.45) is 0 Å². The second kappa shape index (κ2) is 4.64. The molecule has 2 nitrogen and oxygen atoms in total. The molecular weight excluding hydrogens is 247 g/mol. The van der Waals surface area contributed by atoms with Gasteiger partial charge in [0.2, 0.25) is 0 Å². The third-order valence-electron chi connectivity index (χ3n) is 2.66. The van der Waals surface area contributed by atoms with Crippen LogP contribution in [0.25, 0.3) is 0 Å². The minimum atomic E-state index is -0.410. The highest BCUT2D eigenvalue weighted by Crippen LogP contribution is 2.40. The first-order valence-electron chi connectivity index (χ1n) is 5.29. The molecule has 1 aromatic rings. The molecule has 1 aliphatic heterocycles. The van der Waals surface area contributed by atoms with Gasteiger partial charge in [-0.05, 0) is 18.6 Å². The van der Waals surface area contributed by atoms with Gasteiger partial charge >= 0.3 is 0 Å². The van der Waals surface area contributed by atoms with Crippen LogP contribution in [0.4, 0.5) is 0 Å². The molecule has 0 spiro atoms. The van der Waals surface area contributed by atoms with E-state index in [2.05, 4.69) is 0 Å². The van der Waals surface area contributed by atoms with Gasteiger partial charge in [-0.3, -0.25) is 4.79 Å². The van der Waals surface area contributed by atoms with E-state index >= 15 is 0 Å². The van der Waals surface area contributed by atoms with E-state index < -0.39 is 6.10 Å². The Morgan fingerprint density at radius 2 is 2.12 bits per heavy atom. The van der Waals surface area contributed by atoms with Crippen molar-refractivity contribution in [3.8, 4) is 5.75 Å². The van der Waals surface area contributed by atoms with Crippen LogP contribution in [0.1, 0.15) is 25.3 Å². The Balaban J connectivity index is 2.24. The Morgan fingerprint density at radius 1 is 1.44 bits per heavy atom. The maximum absolute atomic E-state index is 11.7. The van der Waals surface area contributed by atoms with Crippen molar-refractivity contribution in [2.75, 3.05) is 0 Å². The highest BCUT2D eigenvalue weighted by atomic mass is 35.5. The van der Waals surface area contributed by atoms with Crippen LogP contribution in [-0.4, -0.2) is 11.9 Å². The van der Waals surface area contributed by atoms with Crippen LogP contribution in [-0.2, 0) is 11.2 Å². The largest absolute Gasteiger partial charge is 0.480 e. The summed E-state index contributed by atoms with van der Waals surface area (Å²) in [5, 5.41) is 1.14. The molecule has 0 aliphatic carbocycles. The smallest absolute Gasteiger partial charge is 0.173 e. The lowest BCUT2D eigenvalue weighted by molar-refractivity contribution is -0.125. The predicted octanol–water partition coefficient (Wildman–Crippen LogP) is 3.67. The average Bonchev–Trinajstić information content (AvgIpc) is 2.70. The molecule has 1 atom stereocenters. The fourth-order valence-electron chi connectivity index (χ4n) is 1.85. The van der Waals surface area contributed by atoms with Gasteiger partial charge in [0, 0.05) is 23.4 Å². The molecule has 0 bridgehead atoms. The van der Waals surface area contributed by atoms with Crippen LogP contribution < -0.4 is 4.74 Å². The molecule has 86 valence electrons. The van der Waals surface area contributed by atoms with Gasteiger partial charge in [0.15, 0.2) is 11.9 Å². The fraction of sp³-hybridized carbons (Fsp3) is 0.417. The van der Waals surface area contributed by atoms with Crippen LogP contribution in [0.3, 0.4) is 0 Å². The van der Waals surface area contributed by atoms with Gasteiger partial charge in [0.25, 0.3) is 0 Å². The Morgan fingerprint density at radius 3 is 2.75 bits per heavy atom. The quantitative estimate of drug-likeness (QED) is 0.827. The van der Waals surface area contributed by atoms with Crippen LogP contribution in [0.2, 0.25) is 10.0 Å². The molecule has 1 aromatic carbocycles. The summed E-state index contributed by atoms with van der Waals surface area (Å²) >= 11 is 12.0. The lowest BCUT2D eigenvalue weighted by atomic mass is 10.0. The van der Waals surface area contributed by atoms with Crippen molar-refractivity contribution in [3.05, 3.63) is 27.7 Å². The van der Waals surface area contributed by atoms with Crippen molar-refractivity contribution in [1.82, 2.24) is 0 Å². The van der Waals surface area contributed by atoms with Crippen molar-refractivity contribution >= 4 is 29.0 Å². The van der Waals surface area contributed by atoms with Crippen molar-refractivity contribution in [3.63, 3.8) is 0 Å². The molecule has 0 aromatic heterocycles. The fourth-order valence-corrected chi connectivity index (χ4v) is 2.30. The van der Waals surface area contributed by atoms with Crippen LogP contribution in [0.5, 0.6) is 5.75 Å². The van der Waals surface area contributed by atoms with Gasteiger partial charge in [-0.25, -0.2) is 0 Å². The number of benzene rings is 1. The minimum Gasteiger partial charge on any atom is -0.480 e. The Kier molecular flexibility index (Phi) is 3.41. The first-order chi connectivity index (χ1) is 7.63. The number of fused-ring (bicyclic) bond motifs is 1. The summed E-state index contributed by atoms with van der Waals surface area (Å²) in [5.74, 6) is 0.689. The standard InChI is InChI=1S/C12H12Cl2O2/c1-2-3-10(15)11-6-7-8(13)4-5-9(14)12(7)16-11/h4-5,11H,2-3,6H2,1H3. The topological polar surface area (TPSA) is 26.3 Å². The number of ketones is 1. The van der Waals surface area contributed by atoms with Crippen LogP contribution in [0.15, 0.2) is 12.1 Å². The van der Waals surface area contributed by atoms with E-state index in [1.807, 2.05) is 6.92 Å². The van der Waals surface area contributed by atoms with Crippen LogP contribution in [0, 0.1) is 0 Å². The number of hydrogen-bond acceptors (Lipinski definition) is 2. The molecule has 0 radical (unpaired) electrons. The first kappa shape index (κ1) is 11.7. The maximum atomic E-state index is 11.7. The van der Waals surface area contributed by atoms with E-state index in [1.54, 1.807) is 12.1 Å². The summed E-state index contributed by atoms with van der Waals surface area (Å²) in [7, 11) is 0. The van der Waals surface area contributed by atoms with Gasteiger partial charge in [-0.15, -0.1) is 0 Å². The van der Waals surface area contributed by atoms with Gasteiger partial charge in [-0.2, -0.15) is 0 Å². The van der Waals surface area contributed by atoms with E-state index in [-0.39, 0.29) is 5.78 Å². The van der Waals surface area contributed by atoms with E-state index in [0.717, 1.165) is 12.0 Å². The minimum absolute atomic E-state index is 0.117. The van der Waals surface area contributed by atoms with Crippen LogP contribution >= 0.6 is 23.2 Å². The van der Waals surface area contributed by atoms with Gasteiger partial charge in [-0.1, -0.05) is 30.1 Å². The number of carbonyl (C=O) groups is 1. The second-order valence-corrected chi connectivity index (χ2v) is 4.68. The van der Waals surface area contributed by atoms with Crippen molar-refractivity contribution in [1.29, 1.82) is 0 Å². The molecule has 0 saturated carbocycles. The van der Waals surface area contributed by atoms with E-state index in [9.17, 15) is 4.79 Å². The molecule has 0 N–H and O–H groups in total. The number of rotatable bonds is 3. The highest BCUT2D eigenvalue weighted by Gasteiger charge is 2.31. The van der Waals surface area contributed by atoms with Gasteiger partial charge in [0.1, 0.15) is 5.75 Å². The van der Waals surface area contributed by atoms with E-state index in [0.29, 0.717) is 28.6 Å². The van der Waals surface area contributed by atoms with E-state index in [4.69, 9.17) is 27.9 Å². The number of Topliss-reactive ketones (excluding diaryl/α,β-unsaturated/α-hetero) is 1. The van der Waals surface area contributed by atoms with Gasteiger partial charge in [0.05, 0.1) is 5.02 Å². The second-order valence-electron chi connectivity index (χ2n) is 3.86. The molecule has 4 heteroatoms. The Hall–Kier alpha value is -0.730. The number of halogens is 2. The zero-order valence-corrected chi connectivity index (χ0v) is 10.4. The molecule has 1 heterocycles. The Bertz CT molecular complexity index is 398. The summed E-state index contributed by atoms with van der Waals surface area (Å²) in [6.07, 6.45) is 1.49. The lowest BCUT2D eigenvalue weighted by Gasteiger charge is -2.08. The van der Waals surface area contributed by atoms with E-state index in [1.165, 1.54) is 0 Å². The monoisotopic (exact) mass is 258 g/mol. The molecule has 0 fully saturated rings. The summed E-state index contributed by atoms with van der Waals surface area (Å²) in [6, 6.07) is 3.42. The lowest BCUT2D eigenvalue weighted by Crippen LogP contribution is -2.24. The normalized spacial score (nSPS) is 18.1. The summed E-state index contributed by atoms with van der Waals surface area (Å²) < 4.78 is 5.57.